The summed E-state index contributed by atoms with van der Waals surface area (Å²) >= 11 is 0. The third-order valence-corrected chi connectivity index (χ3v) is 3.27. The molecular weight excluding hydrogens is 322 g/mol. The number of hydrogen-bond acceptors (Lipinski definition) is 5. The third-order valence-electron chi connectivity index (χ3n) is 3.27. The molecule has 2 aromatic rings. The van der Waals surface area contributed by atoms with E-state index in [-0.39, 0.29) is 12.0 Å². The molecule has 1 N–H and O–H groups in total. The van der Waals surface area contributed by atoms with Gasteiger partial charge in [-0.15, -0.1) is 0 Å². The van der Waals surface area contributed by atoms with Gasteiger partial charge < -0.3 is 14.8 Å². The first-order valence-corrected chi connectivity index (χ1v) is 7.71. The maximum atomic E-state index is 12.3. The van der Waals surface area contributed by atoms with Crippen molar-refractivity contribution in [2.45, 2.75) is 20.0 Å². The Morgan fingerprint density at radius 3 is 2.12 bits per heavy atom. The van der Waals surface area contributed by atoms with Gasteiger partial charge in [-0.2, -0.15) is 0 Å². The van der Waals surface area contributed by atoms with Gasteiger partial charge in [-0.1, -0.05) is 6.07 Å². The van der Waals surface area contributed by atoms with Gasteiger partial charge in [-0.05, 0) is 56.3 Å². The van der Waals surface area contributed by atoms with Crippen molar-refractivity contribution in [1.82, 2.24) is 0 Å². The second kappa shape index (κ2) is 8.10. The standard InChI is InChI=1S/C19H19NO5/c1-12(2)25-19(23)13-7-9-16(10-8-13)20-17(21)14-5-4-6-15(11-14)18(22)24-3/h4-12H,1-3H3,(H,20,21). The average Bonchev–Trinajstić information content (AvgIpc) is 2.61. The third kappa shape index (κ3) is 4.91. The second-order valence-corrected chi connectivity index (χ2v) is 5.56. The highest BCUT2D eigenvalue weighted by atomic mass is 16.5. The second-order valence-electron chi connectivity index (χ2n) is 5.56. The predicted octanol–water partition coefficient (Wildman–Crippen LogP) is 3.29. The van der Waals surface area contributed by atoms with E-state index < -0.39 is 11.9 Å². The van der Waals surface area contributed by atoms with Crippen LogP contribution in [0.25, 0.3) is 0 Å². The highest BCUT2D eigenvalue weighted by molar-refractivity contribution is 6.05. The Morgan fingerprint density at radius 1 is 0.880 bits per heavy atom. The monoisotopic (exact) mass is 341 g/mol. The molecule has 0 spiro atoms. The smallest absolute Gasteiger partial charge is 0.338 e. The maximum Gasteiger partial charge on any atom is 0.338 e. The zero-order valence-electron chi connectivity index (χ0n) is 14.2. The zero-order valence-corrected chi connectivity index (χ0v) is 14.2. The summed E-state index contributed by atoms with van der Waals surface area (Å²) < 4.78 is 9.74. The number of nitrogens with one attached hydrogen (secondary N) is 1. The van der Waals surface area contributed by atoms with Crippen LogP contribution in [0.3, 0.4) is 0 Å². The minimum absolute atomic E-state index is 0.200. The topological polar surface area (TPSA) is 81.7 Å². The van der Waals surface area contributed by atoms with E-state index in [1.54, 1.807) is 56.3 Å². The van der Waals surface area contributed by atoms with E-state index in [0.29, 0.717) is 22.4 Å². The van der Waals surface area contributed by atoms with Crippen LogP contribution in [0.5, 0.6) is 0 Å². The van der Waals surface area contributed by atoms with Gasteiger partial charge in [-0.25, -0.2) is 9.59 Å². The normalized spacial score (nSPS) is 10.2. The number of amides is 1. The SMILES string of the molecule is COC(=O)c1cccc(C(=O)Nc2ccc(C(=O)OC(C)C)cc2)c1. The lowest BCUT2D eigenvalue weighted by molar-refractivity contribution is 0.0377. The number of rotatable bonds is 5. The number of benzene rings is 2. The Hall–Kier alpha value is -3.15. The Balaban J connectivity index is 2.08. The van der Waals surface area contributed by atoms with E-state index in [9.17, 15) is 14.4 Å². The van der Waals surface area contributed by atoms with Crippen molar-refractivity contribution >= 4 is 23.5 Å². The largest absolute Gasteiger partial charge is 0.465 e. The fourth-order valence-electron chi connectivity index (χ4n) is 2.08. The highest BCUT2D eigenvalue weighted by Crippen LogP contribution is 2.14. The highest BCUT2D eigenvalue weighted by Gasteiger charge is 2.12. The molecule has 0 heterocycles. The molecule has 0 unspecified atom stereocenters. The number of hydrogen-bond donors (Lipinski definition) is 1. The molecular formula is C19H19NO5. The Bertz CT molecular complexity index is 781. The van der Waals surface area contributed by atoms with Gasteiger partial charge in [0, 0.05) is 11.3 Å². The molecule has 2 rings (SSSR count). The van der Waals surface area contributed by atoms with Crippen molar-refractivity contribution in [3.63, 3.8) is 0 Å². The number of anilines is 1. The van der Waals surface area contributed by atoms with E-state index in [1.165, 1.54) is 13.2 Å². The van der Waals surface area contributed by atoms with Gasteiger partial charge in [0.05, 0.1) is 24.3 Å². The molecule has 2 aromatic carbocycles. The Kier molecular flexibility index (Phi) is 5.89. The van der Waals surface area contributed by atoms with E-state index >= 15 is 0 Å². The van der Waals surface area contributed by atoms with Crippen LogP contribution in [-0.4, -0.2) is 31.1 Å². The van der Waals surface area contributed by atoms with Gasteiger partial charge in [0.25, 0.3) is 5.91 Å². The molecule has 0 aliphatic rings. The molecule has 6 nitrogen and oxygen atoms in total. The van der Waals surface area contributed by atoms with Crippen LogP contribution in [-0.2, 0) is 9.47 Å². The van der Waals surface area contributed by atoms with E-state index in [4.69, 9.17) is 4.74 Å². The fraction of sp³-hybridized carbons (Fsp3) is 0.211. The molecule has 0 saturated heterocycles. The first-order valence-electron chi connectivity index (χ1n) is 7.71. The molecule has 6 heteroatoms. The quantitative estimate of drug-likeness (QED) is 0.844. The van der Waals surface area contributed by atoms with Crippen LogP contribution in [0.15, 0.2) is 48.5 Å². The average molecular weight is 341 g/mol. The first kappa shape index (κ1) is 18.2. The molecule has 0 fully saturated rings. The summed E-state index contributed by atoms with van der Waals surface area (Å²) in [6.07, 6.45) is -0.200. The van der Waals surface area contributed by atoms with Crippen LogP contribution in [0.2, 0.25) is 0 Å². The molecule has 25 heavy (non-hydrogen) atoms. The van der Waals surface area contributed by atoms with Crippen LogP contribution in [0.4, 0.5) is 5.69 Å². The predicted molar refractivity (Wildman–Crippen MR) is 92.7 cm³/mol. The molecule has 1 amide bonds. The molecule has 0 aromatic heterocycles. The summed E-state index contributed by atoms with van der Waals surface area (Å²) in [5, 5.41) is 2.71. The van der Waals surface area contributed by atoms with Crippen molar-refractivity contribution in [2.75, 3.05) is 12.4 Å². The zero-order chi connectivity index (χ0) is 18.4. The van der Waals surface area contributed by atoms with Gasteiger partial charge >= 0.3 is 11.9 Å². The summed E-state index contributed by atoms with van der Waals surface area (Å²) in [6.45, 7) is 3.55. The molecule has 0 atom stereocenters. The lowest BCUT2D eigenvalue weighted by Crippen LogP contribution is -2.14. The first-order chi connectivity index (χ1) is 11.9. The van der Waals surface area contributed by atoms with Crippen LogP contribution >= 0.6 is 0 Å². The van der Waals surface area contributed by atoms with E-state index in [0.717, 1.165) is 0 Å². The number of carbonyl (C=O) groups excluding carboxylic acids is 3. The summed E-state index contributed by atoms with van der Waals surface area (Å²) in [5.41, 5.74) is 1.54. The summed E-state index contributed by atoms with van der Waals surface area (Å²) in [4.78, 5) is 35.6. The van der Waals surface area contributed by atoms with Gasteiger partial charge in [0.1, 0.15) is 0 Å². The molecule has 130 valence electrons. The number of ether oxygens (including phenoxy) is 2. The van der Waals surface area contributed by atoms with Crippen molar-refractivity contribution in [1.29, 1.82) is 0 Å². The summed E-state index contributed by atoms with van der Waals surface area (Å²) in [7, 11) is 1.28. The summed E-state index contributed by atoms with van der Waals surface area (Å²) in [6, 6.07) is 12.6. The summed E-state index contributed by atoms with van der Waals surface area (Å²) in [5.74, 6) is -1.30. The van der Waals surface area contributed by atoms with Crippen LogP contribution in [0.1, 0.15) is 44.9 Å². The lowest BCUT2D eigenvalue weighted by atomic mass is 10.1. The van der Waals surface area contributed by atoms with Gasteiger partial charge in [0.15, 0.2) is 0 Å². The van der Waals surface area contributed by atoms with Gasteiger partial charge in [0.2, 0.25) is 0 Å². The number of carbonyl (C=O) groups is 3. The maximum absolute atomic E-state index is 12.3. The van der Waals surface area contributed by atoms with Crippen LogP contribution < -0.4 is 5.32 Å². The molecule has 0 bridgehead atoms. The van der Waals surface area contributed by atoms with Crippen molar-refractivity contribution in [3.8, 4) is 0 Å². The minimum atomic E-state index is -0.511. The Morgan fingerprint density at radius 2 is 1.52 bits per heavy atom. The van der Waals surface area contributed by atoms with Crippen LogP contribution in [0, 0.1) is 0 Å². The lowest BCUT2D eigenvalue weighted by Gasteiger charge is -2.09. The molecule has 0 radical (unpaired) electrons. The van der Waals surface area contributed by atoms with Gasteiger partial charge in [-0.3, -0.25) is 4.79 Å². The Labute approximate surface area is 145 Å². The van der Waals surface area contributed by atoms with E-state index in [1.807, 2.05) is 0 Å². The van der Waals surface area contributed by atoms with E-state index in [2.05, 4.69) is 10.1 Å². The number of esters is 2. The fourth-order valence-corrected chi connectivity index (χ4v) is 2.08. The molecule has 0 aliphatic heterocycles. The van der Waals surface area contributed by atoms with Crippen molar-refractivity contribution in [3.05, 3.63) is 65.2 Å². The molecule has 0 saturated carbocycles. The van der Waals surface area contributed by atoms with Crippen molar-refractivity contribution < 1.29 is 23.9 Å². The number of methoxy groups -OCH3 is 1. The minimum Gasteiger partial charge on any atom is -0.465 e. The van der Waals surface area contributed by atoms with Crippen molar-refractivity contribution in [2.24, 2.45) is 0 Å². The molecule has 0 aliphatic carbocycles.